The summed E-state index contributed by atoms with van der Waals surface area (Å²) < 4.78 is 0. The average molecular weight is 249 g/mol. The molecule has 4 bridgehead atoms. The van der Waals surface area contributed by atoms with Crippen LogP contribution < -0.4 is 5.32 Å². The molecule has 1 amide bonds. The highest BCUT2D eigenvalue weighted by Crippen LogP contribution is 2.55. The van der Waals surface area contributed by atoms with Crippen LogP contribution in [0.2, 0.25) is 0 Å². The molecule has 2 heteroatoms. The summed E-state index contributed by atoms with van der Waals surface area (Å²) in [5, 5.41) is 3.47. The van der Waals surface area contributed by atoms with Crippen LogP contribution in [0.5, 0.6) is 0 Å². The van der Waals surface area contributed by atoms with Gasteiger partial charge in [0, 0.05) is 11.5 Å². The molecule has 4 fully saturated rings. The molecule has 4 rings (SSSR count). The van der Waals surface area contributed by atoms with Crippen molar-refractivity contribution in [3.63, 3.8) is 0 Å². The van der Waals surface area contributed by atoms with Gasteiger partial charge in [0.15, 0.2) is 0 Å². The topological polar surface area (TPSA) is 29.1 Å². The van der Waals surface area contributed by atoms with Crippen LogP contribution in [0.3, 0.4) is 0 Å². The summed E-state index contributed by atoms with van der Waals surface area (Å²) in [4.78, 5) is 12.4. The summed E-state index contributed by atoms with van der Waals surface area (Å²) >= 11 is 0. The largest absolute Gasteiger partial charge is 0.350 e. The van der Waals surface area contributed by atoms with E-state index < -0.39 is 0 Å². The van der Waals surface area contributed by atoms with E-state index in [1.54, 1.807) is 0 Å². The van der Waals surface area contributed by atoms with Gasteiger partial charge in [-0.2, -0.15) is 0 Å². The number of nitrogens with one attached hydrogen (secondary N) is 1. The predicted octanol–water partition coefficient (Wildman–Crippen LogP) is 3.36. The van der Waals surface area contributed by atoms with Crippen LogP contribution in [0.15, 0.2) is 0 Å². The van der Waals surface area contributed by atoms with E-state index in [4.69, 9.17) is 0 Å². The van der Waals surface area contributed by atoms with Gasteiger partial charge in [-0.15, -0.1) is 0 Å². The van der Waals surface area contributed by atoms with Gasteiger partial charge in [-0.05, 0) is 62.2 Å². The third-order valence-electron chi connectivity index (χ3n) is 5.84. The molecule has 0 heterocycles. The molecule has 1 atom stereocenters. The zero-order chi connectivity index (χ0) is 12.9. The maximum Gasteiger partial charge on any atom is 0.223 e. The van der Waals surface area contributed by atoms with E-state index in [-0.39, 0.29) is 11.5 Å². The van der Waals surface area contributed by atoms with Crippen molar-refractivity contribution in [1.29, 1.82) is 0 Å². The standard InChI is InChI=1S/C16H27NO/c1-10(2)11(3)15(18)17-16-7-12-4-13(8-16)6-14(5-12)9-16/h10-14H,4-9H2,1-3H3,(H,17,18)/t11-,12?,13?,14?,16?/m1/s1. The van der Waals surface area contributed by atoms with Crippen LogP contribution in [0.1, 0.15) is 59.3 Å². The molecule has 0 aromatic heterocycles. The zero-order valence-electron chi connectivity index (χ0n) is 12.0. The molecule has 4 aliphatic rings. The Bertz CT molecular complexity index is 312. The summed E-state index contributed by atoms with van der Waals surface area (Å²) in [6.45, 7) is 6.36. The lowest BCUT2D eigenvalue weighted by molar-refractivity contribution is -0.131. The molecule has 0 radical (unpaired) electrons. The van der Waals surface area contributed by atoms with Gasteiger partial charge >= 0.3 is 0 Å². The van der Waals surface area contributed by atoms with Crippen LogP contribution in [0.25, 0.3) is 0 Å². The lowest BCUT2D eigenvalue weighted by atomic mass is 9.53. The second kappa shape index (κ2) is 4.25. The number of rotatable bonds is 3. The molecule has 2 nitrogen and oxygen atoms in total. The Kier molecular flexibility index (Phi) is 2.95. The number of hydrogen-bond donors (Lipinski definition) is 1. The van der Waals surface area contributed by atoms with E-state index in [9.17, 15) is 4.79 Å². The minimum absolute atomic E-state index is 0.151. The monoisotopic (exact) mass is 249 g/mol. The van der Waals surface area contributed by atoms with E-state index in [1.165, 1.54) is 38.5 Å². The fourth-order valence-electron chi connectivity index (χ4n) is 4.94. The predicted molar refractivity (Wildman–Crippen MR) is 73.0 cm³/mol. The third-order valence-corrected chi connectivity index (χ3v) is 5.84. The zero-order valence-corrected chi connectivity index (χ0v) is 12.0. The average Bonchev–Trinajstić information content (AvgIpc) is 2.24. The molecule has 0 spiro atoms. The molecule has 0 aromatic rings. The van der Waals surface area contributed by atoms with E-state index in [2.05, 4.69) is 26.1 Å². The Morgan fingerprint density at radius 1 is 1.00 bits per heavy atom. The molecule has 4 saturated carbocycles. The molecule has 18 heavy (non-hydrogen) atoms. The fraction of sp³-hybridized carbons (Fsp3) is 0.938. The molecule has 1 N–H and O–H groups in total. The lowest BCUT2D eigenvalue weighted by Crippen LogP contribution is -2.60. The van der Waals surface area contributed by atoms with Gasteiger partial charge in [-0.25, -0.2) is 0 Å². The second-order valence-electron chi connectivity index (χ2n) is 7.72. The van der Waals surface area contributed by atoms with Crippen molar-refractivity contribution < 1.29 is 4.79 Å². The first-order valence-electron chi connectivity index (χ1n) is 7.79. The number of amides is 1. The Balaban J connectivity index is 1.70. The molecule has 0 aromatic carbocycles. The lowest BCUT2D eigenvalue weighted by Gasteiger charge is -2.57. The van der Waals surface area contributed by atoms with Crippen LogP contribution in [-0.4, -0.2) is 11.4 Å². The third kappa shape index (κ3) is 2.08. The molecular weight excluding hydrogens is 222 g/mol. The fourth-order valence-corrected chi connectivity index (χ4v) is 4.94. The van der Waals surface area contributed by atoms with Crippen molar-refractivity contribution in [2.75, 3.05) is 0 Å². The first-order valence-corrected chi connectivity index (χ1v) is 7.79. The Morgan fingerprint density at radius 3 is 1.83 bits per heavy atom. The van der Waals surface area contributed by atoms with Gasteiger partial charge < -0.3 is 5.32 Å². The minimum atomic E-state index is 0.151. The number of carbonyl (C=O) groups excluding carboxylic acids is 1. The maximum absolute atomic E-state index is 12.4. The highest BCUT2D eigenvalue weighted by molar-refractivity contribution is 5.79. The highest BCUT2D eigenvalue weighted by atomic mass is 16.2. The minimum Gasteiger partial charge on any atom is -0.350 e. The van der Waals surface area contributed by atoms with Gasteiger partial charge in [0.05, 0.1) is 0 Å². The van der Waals surface area contributed by atoms with E-state index in [1.807, 2.05) is 0 Å². The second-order valence-corrected chi connectivity index (χ2v) is 7.72. The van der Waals surface area contributed by atoms with Crippen molar-refractivity contribution in [1.82, 2.24) is 5.32 Å². The SMILES string of the molecule is CC(C)[C@@H](C)C(=O)NC12CC3CC(CC(C3)C1)C2. The Hall–Kier alpha value is -0.530. The first-order chi connectivity index (χ1) is 8.47. The maximum atomic E-state index is 12.4. The summed E-state index contributed by atoms with van der Waals surface area (Å²) in [6, 6.07) is 0. The van der Waals surface area contributed by atoms with E-state index in [0.29, 0.717) is 11.8 Å². The van der Waals surface area contributed by atoms with Crippen LogP contribution >= 0.6 is 0 Å². The summed E-state index contributed by atoms with van der Waals surface area (Å²) in [5.41, 5.74) is 0.189. The quantitative estimate of drug-likeness (QED) is 0.816. The highest BCUT2D eigenvalue weighted by Gasteiger charge is 2.51. The smallest absolute Gasteiger partial charge is 0.223 e. The molecule has 0 aliphatic heterocycles. The first kappa shape index (κ1) is 12.5. The van der Waals surface area contributed by atoms with E-state index >= 15 is 0 Å². The van der Waals surface area contributed by atoms with Crippen molar-refractivity contribution in [2.45, 2.75) is 64.8 Å². The summed E-state index contributed by atoms with van der Waals surface area (Å²) in [6.07, 6.45) is 8.10. The van der Waals surface area contributed by atoms with Crippen molar-refractivity contribution in [3.05, 3.63) is 0 Å². The normalized spacial score (nSPS) is 43.2. The van der Waals surface area contributed by atoms with Crippen molar-refractivity contribution >= 4 is 5.91 Å². The van der Waals surface area contributed by atoms with Gasteiger partial charge in [-0.1, -0.05) is 20.8 Å². The molecular formula is C16H27NO. The molecule has 0 saturated heterocycles. The molecule has 0 unspecified atom stereocenters. The molecule has 102 valence electrons. The van der Waals surface area contributed by atoms with Crippen LogP contribution in [0, 0.1) is 29.6 Å². The van der Waals surface area contributed by atoms with Crippen LogP contribution in [-0.2, 0) is 4.79 Å². The Morgan fingerprint density at radius 2 is 1.44 bits per heavy atom. The number of carbonyl (C=O) groups is 1. The summed E-state index contributed by atoms with van der Waals surface area (Å²) in [7, 11) is 0. The van der Waals surface area contributed by atoms with E-state index in [0.717, 1.165) is 17.8 Å². The van der Waals surface area contributed by atoms with Gasteiger partial charge in [-0.3, -0.25) is 4.79 Å². The van der Waals surface area contributed by atoms with Crippen LogP contribution in [0.4, 0.5) is 0 Å². The Labute approximate surface area is 111 Å². The van der Waals surface area contributed by atoms with Gasteiger partial charge in [0.25, 0.3) is 0 Å². The number of hydrogen-bond acceptors (Lipinski definition) is 1. The van der Waals surface area contributed by atoms with Crippen molar-refractivity contribution in [3.8, 4) is 0 Å². The summed E-state index contributed by atoms with van der Waals surface area (Å²) in [5.74, 6) is 3.62. The van der Waals surface area contributed by atoms with Gasteiger partial charge in [0.1, 0.15) is 0 Å². The van der Waals surface area contributed by atoms with Gasteiger partial charge in [0.2, 0.25) is 5.91 Å². The molecule has 4 aliphatic carbocycles. The van der Waals surface area contributed by atoms with Crippen molar-refractivity contribution in [2.24, 2.45) is 29.6 Å².